The van der Waals surface area contributed by atoms with E-state index in [4.69, 9.17) is 4.74 Å². The van der Waals surface area contributed by atoms with Gasteiger partial charge in [0, 0.05) is 5.69 Å². The van der Waals surface area contributed by atoms with Gasteiger partial charge in [-0.1, -0.05) is 12.1 Å². The Kier molecular flexibility index (Phi) is 5.68. The number of rotatable bonds is 6. The fourth-order valence-electron chi connectivity index (χ4n) is 1.97. The summed E-state index contributed by atoms with van der Waals surface area (Å²) in [6, 6.07) is 12.8. The van der Waals surface area contributed by atoms with Crippen molar-refractivity contribution in [2.24, 2.45) is 0 Å². The van der Waals surface area contributed by atoms with Crippen LogP contribution in [0.3, 0.4) is 0 Å². The van der Waals surface area contributed by atoms with E-state index in [0.717, 1.165) is 5.56 Å². The molecule has 0 fully saturated rings. The molecule has 0 saturated carbocycles. The lowest BCUT2D eigenvalue weighted by Gasteiger charge is -2.10. The van der Waals surface area contributed by atoms with Gasteiger partial charge in [-0.3, -0.25) is 4.79 Å². The van der Waals surface area contributed by atoms with E-state index in [1.54, 1.807) is 31.4 Å². The van der Waals surface area contributed by atoms with Crippen molar-refractivity contribution in [3.05, 3.63) is 54.1 Å². The quantitative estimate of drug-likeness (QED) is 0.870. The molecule has 0 aliphatic heterocycles. The minimum absolute atomic E-state index is 0.0816. The summed E-state index contributed by atoms with van der Waals surface area (Å²) in [5.74, 6) is 0.497. The second-order valence-electron chi connectivity index (χ2n) is 5.00. The average molecular weight is 339 g/mol. The second kappa shape index (κ2) is 7.72. The highest BCUT2D eigenvalue weighted by Gasteiger charge is 2.28. The summed E-state index contributed by atoms with van der Waals surface area (Å²) in [5, 5.41) is 2.67. The minimum Gasteiger partial charge on any atom is -0.497 e. The SMILES string of the molecule is COc1cccc(CC(=O)Nc2ccc(OCC(F)(F)F)cc2)c1. The van der Waals surface area contributed by atoms with Crippen LogP contribution in [0, 0.1) is 0 Å². The molecule has 0 aromatic heterocycles. The van der Waals surface area contributed by atoms with Crippen LogP contribution in [0.5, 0.6) is 11.5 Å². The number of alkyl halides is 3. The Bertz CT molecular complexity index is 684. The lowest BCUT2D eigenvalue weighted by molar-refractivity contribution is -0.153. The predicted molar refractivity (Wildman–Crippen MR) is 83.3 cm³/mol. The van der Waals surface area contributed by atoms with Crippen molar-refractivity contribution >= 4 is 11.6 Å². The number of amides is 1. The Balaban J connectivity index is 1.89. The molecule has 0 unspecified atom stereocenters. The minimum atomic E-state index is -4.39. The molecule has 2 aromatic carbocycles. The zero-order chi connectivity index (χ0) is 17.6. The number of benzene rings is 2. The fourth-order valence-corrected chi connectivity index (χ4v) is 1.97. The number of ether oxygens (including phenoxy) is 2. The fraction of sp³-hybridized carbons (Fsp3) is 0.235. The summed E-state index contributed by atoms with van der Waals surface area (Å²) in [4.78, 5) is 12.0. The summed E-state index contributed by atoms with van der Waals surface area (Å²) >= 11 is 0. The number of hydrogen-bond acceptors (Lipinski definition) is 3. The van der Waals surface area contributed by atoms with E-state index in [9.17, 15) is 18.0 Å². The third kappa shape index (κ3) is 5.83. The summed E-state index contributed by atoms with van der Waals surface area (Å²) in [6.07, 6.45) is -4.23. The monoisotopic (exact) mass is 339 g/mol. The summed E-state index contributed by atoms with van der Waals surface area (Å²) in [5.41, 5.74) is 1.26. The van der Waals surface area contributed by atoms with E-state index in [2.05, 4.69) is 10.1 Å². The van der Waals surface area contributed by atoms with Crippen molar-refractivity contribution < 1.29 is 27.4 Å². The molecule has 1 amide bonds. The molecule has 0 bridgehead atoms. The molecule has 1 N–H and O–H groups in total. The molecule has 128 valence electrons. The van der Waals surface area contributed by atoms with Crippen LogP contribution in [0.15, 0.2) is 48.5 Å². The average Bonchev–Trinajstić information content (AvgIpc) is 2.53. The molecule has 0 aliphatic carbocycles. The molecule has 0 saturated heterocycles. The van der Waals surface area contributed by atoms with E-state index in [1.165, 1.54) is 24.3 Å². The summed E-state index contributed by atoms with van der Waals surface area (Å²) < 4.78 is 45.9. The zero-order valence-corrected chi connectivity index (χ0v) is 12.9. The molecule has 0 heterocycles. The van der Waals surface area contributed by atoms with Crippen LogP contribution in [-0.2, 0) is 11.2 Å². The van der Waals surface area contributed by atoms with Gasteiger partial charge in [0.05, 0.1) is 13.5 Å². The van der Waals surface area contributed by atoms with Gasteiger partial charge in [-0.15, -0.1) is 0 Å². The Hall–Kier alpha value is -2.70. The first-order valence-electron chi connectivity index (χ1n) is 7.08. The van der Waals surface area contributed by atoms with Crippen molar-refractivity contribution in [3.63, 3.8) is 0 Å². The number of carbonyl (C=O) groups is 1. The Morgan fingerprint density at radius 1 is 1.08 bits per heavy atom. The molecule has 4 nitrogen and oxygen atoms in total. The van der Waals surface area contributed by atoms with Gasteiger partial charge in [-0.25, -0.2) is 0 Å². The largest absolute Gasteiger partial charge is 0.497 e. The van der Waals surface area contributed by atoms with Gasteiger partial charge in [0.25, 0.3) is 0 Å². The van der Waals surface area contributed by atoms with Crippen LogP contribution < -0.4 is 14.8 Å². The normalized spacial score (nSPS) is 11.0. The van der Waals surface area contributed by atoms with Gasteiger partial charge >= 0.3 is 6.18 Å². The van der Waals surface area contributed by atoms with Gasteiger partial charge < -0.3 is 14.8 Å². The van der Waals surface area contributed by atoms with Crippen molar-refractivity contribution in [3.8, 4) is 11.5 Å². The maximum absolute atomic E-state index is 12.1. The molecule has 0 radical (unpaired) electrons. The van der Waals surface area contributed by atoms with Crippen molar-refractivity contribution in [2.75, 3.05) is 19.0 Å². The number of nitrogens with one attached hydrogen (secondary N) is 1. The lowest BCUT2D eigenvalue weighted by Crippen LogP contribution is -2.19. The summed E-state index contributed by atoms with van der Waals surface area (Å²) in [6.45, 7) is -1.35. The molecular weight excluding hydrogens is 323 g/mol. The lowest BCUT2D eigenvalue weighted by atomic mass is 10.1. The van der Waals surface area contributed by atoms with Crippen LogP contribution in [0.25, 0.3) is 0 Å². The molecule has 0 aliphatic rings. The number of methoxy groups -OCH3 is 1. The van der Waals surface area contributed by atoms with Crippen LogP contribution in [0.4, 0.5) is 18.9 Å². The molecule has 24 heavy (non-hydrogen) atoms. The topological polar surface area (TPSA) is 47.6 Å². The van der Waals surface area contributed by atoms with Gasteiger partial charge in [0.15, 0.2) is 6.61 Å². The Morgan fingerprint density at radius 3 is 2.42 bits per heavy atom. The molecule has 2 aromatic rings. The second-order valence-corrected chi connectivity index (χ2v) is 5.00. The van der Waals surface area contributed by atoms with Crippen LogP contribution in [0.2, 0.25) is 0 Å². The number of hydrogen-bond donors (Lipinski definition) is 1. The first-order valence-corrected chi connectivity index (χ1v) is 7.08. The molecular formula is C17H16F3NO3. The Morgan fingerprint density at radius 2 is 1.79 bits per heavy atom. The van der Waals surface area contributed by atoms with Gasteiger partial charge in [-0.05, 0) is 42.0 Å². The van der Waals surface area contributed by atoms with Crippen molar-refractivity contribution in [1.82, 2.24) is 0 Å². The standard InChI is InChI=1S/C17H16F3NO3/c1-23-15-4-2-3-12(9-15)10-16(22)21-13-5-7-14(8-6-13)24-11-17(18,19)20/h2-9H,10-11H2,1H3,(H,21,22). The van der Waals surface area contributed by atoms with E-state index < -0.39 is 12.8 Å². The van der Waals surface area contributed by atoms with Gasteiger partial charge in [0.1, 0.15) is 11.5 Å². The van der Waals surface area contributed by atoms with Crippen LogP contribution >= 0.6 is 0 Å². The molecule has 0 atom stereocenters. The summed E-state index contributed by atoms with van der Waals surface area (Å²) in [7, 11) is 1.54. The van der Waals surface area contributed by atoms with Gasteiger partial charge in [0.2, 0.25) is 5.91 Å². The zero-order valence-electron chi connectivity index (χ0n) is 12.9. The number of carbonyl (C=O) groups excluding carboxylic acids is 1. The van der Waals surface area contributed by atoms with Crippen molar-refractivity contribution in [2.45, 2.75) is 12.6 Å². The Labute approximate surface area is 137 Å². The van der Waals surface area contributed by atoms with E-state index >= 15 is 0 Å². The maximum Gasteiger partial charge on any atom is 0.422 e. The first-order chi connectivity index (χ1) is 11.4. The maximum atomic E-state index is 12.1. The molecule has 2 rings (SSSR count). The number of anilines is 1. The van der Waals surface area contributed by atoms with E-state index in [1.807, 2.05) is 0 Å². The predicted octanol–water partition coefficient (Wildman–Crippen LogP) is 3.82. The van der Waals surface area contributed by atoms with Gasteiger partial charge in [-0.2, -0.15) is 13.2 Å². The van der Waals surface area contributed by atoms with E-state index in [-0.39, 0.29) is 18.1 Å². The smallest absolute Gasteiger partial charge is 0.422 e. The number of halogens is 3. The molecule has 0 spiro atoms. The molecule has 7 heteroatoms. The third-order valence-electron chi connectivity index (χ3n) is 3.04. The third-order valence-corrected chi connectivity index (χ3v) is 3.04. The van der Waals surface area contributed by atoms with E-state index in [0.29, 0.717) is 11.4 Å². The highest BCUT2D eigenvalue weighted by Crippen LogP contribution is 2.20. The highest BCUT2D eigenvalue weighted by molar-refractivity contribution is 5.92. The highest BCUT2D eigenvalue weighted by atomic mass is 19.4. The first kappa shape index (κ1) is 17.7. The van der Waals surface area contributed by atoms with Crippen molar-refractivity contribution in [1.29, 1.82) is 0 Å². The van der Waals surface area contributed by atoms with Crippen LogP contribution in [0.1, 0.15) is 5.56 Å². The van der Waals surface area contributed by atoms with Crippen LogP contribution in [-0.4, -0.2) is 25.8 Å².